The van der Waals surface area contributed by atoms with Crippen LogP contribution < -0.4 is 5.32 Å². The number of carbonyl (C=O) groups excluding carboxylic acids is 1. The lowest BCUT2D eigenvalue weighted by molar-refractivity contribution is 0.0957. The molecule has 72 valence electrons. The van der Waals surface area contributed by atoms with E-state index in [2.05, 4.69) is 5.32 Å². The first-order valence-electron chi connectivity index (χ1n) is 4.14. The van der Waals surface area contributed by atoms with E-state index in [1.807, 2.05) is 18.4 Å². The molecule has 1 aromatic rings. The van der Waals surface area contributed by atoms with Crippen LogP contribution in [-0.2, 0) is 0 Å². The maximum atomic E-state index is 11.5. The number of thiophene rings is 1. The average Bonchev–Trinajstić information content (AvgIpc) is 2.52. The Labute approximate surface area is 86.9 Å². The van der Waals surface area contributed by atoms with E-state index in [9.17, 15) is 4.79 Å². The smallest absolute Gasteiger partial charge is 0.261 e. The van der Waals surface area contributed by atoms with Crippen LogP contribution >= 0.6 is 22.9 Å². The third-order valence-electron chi connectivity index (χ3n) is 1.66. The van der Waals surface area contributed by atoms with Crippen LogP contribution in [0.3, 0.4) is 0 Å². The molecular formula is C9H12ClNOS. The lowest BCUT2D eigenvalue weighted by Crippen LogP contribution is -2.24. The molecule has 0 fully saturated rings. The van der Waals surface area contributed by atoms with Gasteiger partial charge in [-0.2, -0.15) is 0 Å². The minimum atomic E-state index is 0.0117. The Morgan fingerprint density at radius 2 is 2.46 bits per heavy atom. The zero-order valence-electron chi connectivity index (χ0n) is 7.47. The Balaban J connectivity index is 2.45. The maximum absolute atomic E-state index is 11.5. The summed E-state index contributed by atoms with van der Waals surface area (Å²) in [6.45, 7) is 2.59. The Hall–Kier alpha value is -0.540. The van der Waals surface area contributed by atoms with E-state index in [-0.39, 0.29) is 5.91 Å². The molecule has 1 amide bonds. The van der Waals surface area contributed by atoms with Crippen LogP contribution in [0.1, 0.15) is 21.7 Å². The summed E-state index contributed by atoms with van der Waals surface area (Å²) < 4.78 is 0. The Kier molecular flexibility index (Phi) is 4.25. The molecule has 0 radical (unpaired) electrons. The second-order valence-electron chi connectivity index (χ2n) is 2.73. The molecule has 0 aliphatic carbocycles. The molecule has 1 aromatic heterocycles. The maximum Gasteiger partial charge on any atom is 0.261 e. The molecule has 1 N–H and O–H groups in total. The van der Waals surface area contributed by atoms with Crippen LogP contribution in [0.15, 0.2) is 11.4 Å². The van der Waals surface area contributed by atoms with E-state index in [4.69, 9.17) is 11.6 Å². The second kappa shape index (κ2) is 5.25. The Morgan fingerprint density at radius 1 is 1.69 bits per heavy atom. The van der Waals surface area contributed by atoms with E-state index < -0.39 is 0 Å². The summed E-state index contributed by atoms with van der Waals surface area (Å²) in [5.74, 6) is 0.599. The number of hydrogen-bond donors (Lipinski definition) is 1. The third kappa shape index (κ3) is 3.01. The minimum absolute atomic E-state index is 0.0117. The lowest BCUT2D eigenvalue weighted by Gasteiger charge is -2.01. The van der Waals surface area contributed by atoms with E-state index in [1.54, 1.807) is 0 Å². The highest BCUT2D eigenvalue weighted by molar-refractivity contribution is 7.12. The van der Waals surface area contributed by atoms with Gasteiger partial charge in [-0.05, 0) is 30.4 Å². The normalized spacial score (nSPS) is 10.0. The second-order valence-corrected chi connectivity index (χ2v) is 4.03. The zero-order valence-corrected chi connectivity index (χ0v) is 9.04. The molecule has 13 heavy (non-hydrogen) atoms. The molecule has 0 atom stereocenters. The molecule has 1 rings (SSSR count). The first-order chi connectivity index (χ1) is 6.25. The molecule has 0 aliphatic rings. The van der Waals surface area contributed by atoms with Gasteiger partial charge in [0.2, 0.25) is 0 Å². The van der Waals surface area contributed by atoms with Gasteiger partial charge in [0.25, 0.3) is 5.91 Å². The molecule has 2 nitrogen and oxygen atoms in total. The number of carbonyl (C=O) groups is 1. The van der Waals surface area contributed by atoms with Gasteiger partial charge in [0, 0.05) is 12.4 Å². The van der Waals surface area contributed by atoms with Gasteiger partial charge in [0.05, 0.1) is 4.88 Å². The van der Waals surface area contributed by atoms with Crippen molar-refractivity contribution in [2.75, 3.05) is 12.4 Å². The highest BCUT2D eigenvalue weighted by Crippen LogP contribution is 2.14. The largest absolute Gasteiger partial charge is 0.351 e. The average molecular weight is 218 g/mol. The van der Waals surface area contributed by atoms with Gasteiger partial charge in [-0.15, -0.1) is 22.9 Å². The highest BCUT2D eigenvalue weighted by atomic mass is 35.5. The van der Waals surface area contributed by atoms with Crippen molar-refractivity contribution < 1.29 is 4.79 Å². The third-order valence-corrected chi connectivity index (χ3v) is 2.95. The van der Waals surface area contributed by atoms with E-state index in [1.165, 1.54) is 11.3 Å². The fourth-order valence-corrected chi connectivity index (χ4v) is 1.93. The van der Waals surface area contributed by atoms with Crippen LogP contribution in [0.5, 0.6) is 0 Å². The topological polar surface area (TPSA) is 29.1 Å². The van der Waals surface area contributed by atoms with Crippen molar-refractivity contribution in [1.29, 1.82) is 0 Å². The van der Waals surface area contributed by atoms with E-state index in [0.29, 0.717) is 12.4 Å². The fraction of sp³-hybridized carbons (Fsp3) is 0.444. The quantitative estimate of drug-likeness (QED) is 0.609. The van der Waals surface area contributed by atoms with Crippen molar-refractivity contribution in [3.8, 4) is 0 Å². The molecule has 0 spiro atoms. The predicted molar refractivity (Wildman–Crippen MR) is 56.7 cm³/mol. The van der Waals surface area contributed by atoms with Gasteiger partial charge in [0.15, 0.2) is 0 Å². The first kappa shape index (κ1) is 10.5. The summed E-state index contributed by atoms with van der Waals surface area (Å²) in [5.41, 5.74) is 1.04. The predicted octanol–water partition coefficient (Wildman–Crippen LogP) is 2.42. The summed E-state index contributed by atoms with van der Waals surface area (Å²) in [6, 6.07) is 1.95. The van der Waals surface area contributed by atoms with Crippen molar-refractivity contribution in [1.82, 2.24) is 5.32 Å². The number of hydrogen-bond acceptors (Lipinski definition) is 2. The van der Waals surface area contributed by atoms with Crippen LogP contribution in [0.2, 0.25) is 0 Å². The molecule has 1 heterocycles. The van der Waals surface area contributed by atoms with Gasteiger partial charge >= 0.3 is 0 Å². The van der Waals surface area contributed by atoms with Crippen LogP contribution in [0, 0.1) is 6.92 Å². The number of nitrogens with one attached hydrogen (secondary N) is 1. The molecule has 0 saturated carbocycles. The molecule has 0 aromatic carbocycles. The molecule has 0 aliphatic heterocycles. The molecule has 0 bridgehead atoms. The van der Waals surface area contributed by atoms with Gasteiger partial charge in [-0.1, -0.05) is 0 Å². The van der Waals surface area contributed by atoms with Crippen molar-refractivity contribution in [2.45, 2.75) is 13.3 Å². The summed E-state index contributed by atoms with van der Waals surface area (Å²) >= 11 is 6.96. The van der Waals surface area contributed by atoms with Crippen molar-refractivity contribution >= 4 is 28.8 Å². The number of halogens is 1. The van der Waals surface area contributed by atoms with Gasteiger partial charge in [-0.3, -0.25) is 4.79 Å². The number of amides is 1. The number of aryl methyl sites for hydroxylation is 1. The number of alkyl halides is 1. The summed E-state index contributed by atoms with van der Waals surface area (Å²) in [5, 5.41) is 4.74. The van der Waals surface area contributed by atoms with Crippen LogP contribution in [0.4, 0.5) is 0 Å². The van der Waals surface area contributed by atoms with Crippen LogP contribution in [-0.4, -0.2) is 18.3 Å². The minimum Gasteiger partial charge on any atom is -0.351 e. The van der Waals surface area contributed by atoms with Gasteiger partial charge < -0.3 is 5.32 Å². The van der Waals surface area contributed by atoms with Crippen LogP contribution in [0.25, 0.3) is 0 Å². The molecule has 0 saturated heterocycles. The van der Waals surface area contributed by atoms with Crippen molar-refractivity contribution in [2.24, 2.45) is 0 Å². The van der Waals surface area contributed by atoms with Gasteiger partial charge in [0.1, 0.15) is 0 Å². The number of rotatable bonds is 4. The SMILES string of the molecule is Cc1ccsc1C(=O)NCCCCl. The first-order valence-corrected chi connectivity index (χ1v) is 5.55. The standard InChI is InChI=1S/C9H12ClNOS/c1-7-3-6-13-8(7)9(12)11-5-2-4-10/h3,6H,2,4-5H2,1H3,(H,11,12). The Bertz CT molecular complexity index is 285. The van der Waals surface area contributed by atoms with Crippen molar-refractivity contribution in [3.63, 3.8) is 0 Å². The summed E-state index contributed by atoms with van der Waals surface area (Å²) in [6.07, 6.45) is 0.817. The monoisotopic (exact) mass is 217 g/mol. The molecule has 0 unspecified atom stereocenters. The van der Waals surface area contributed by atoms with Crippen molar-refractivity contribution in [3.05, 3.63) is 21.9 Å². The molecule has 4 heteroatoms. The fourth-order valence-electron chi connectivity index (χ4n) is 0.954. The van der Waals surface area contributed by atoms with E-state index in [0.717, 1.165) is 16.9 Å². The zero-order chi connectivity index (χ0) is 9.68. The molecular weight excluding hydrogens is 206 g/mol. The Morgan fingerprint density at radius 3 is 3.00 bits per heavy atom. The van der Waals surface area contributed by atoms with E-state index >= 15 is 0 Å². The highest BCUT2D eigenvalue weighted by Gasteiger charge is 2.08. The van der Waals surface area contributed by atoms with Gasteiger partial charge in [-0.25, -0.2) is 0 Å². The lowest BCUT2D eigenvalue weighted by atomic mass is 10.3. The summed E-state index contributed by atoms with van der Waals surface area (Å²) in [4.78, 5) is 12.3. The summed E-state index contributed by atoms with van der Waals surface area (Å²) in [7, 11) is 0.